The second-order valence-corrected chi connectivity index (χ2v) is 7.55. The molecular formula is C19H20ClN5O2S. The number of nitrogens with two attached hydrogens (primary N) is 1. The number of carboxylic acids is 1. The van der Waals surface area contributed by atoms with E-state index in [9.17, 15) is 4.79 Å². The highest BCUT2D eigenvalue weighted by molar-refractivity contribution is 7.15. The molecule has 3 aromatic rings. The van der Waals surface area contributed by atoms with E-state index in [1.165, 1.54) is 4.88 Å². The van der Waals surface area contributed by atoms with Crippen molar-refractivity contribution in [2.75, 3.05) is 6.54 Å². The fourth-order valence-electron chi connectivity index (χ4n) is 2.83. The van der Waals surface area contributed by atoms with Crippen molar-refractivity contribution in [3.8, 4) is 5.00 Å². The van der Waals surface area contributed by atoms with Gasteiger partial charge in [0.25, 0.3) is 0 Å². The standard InChI is InChI=1S/C17H15ClN4S.C2H5NO2/c1-3-11-8-13-16(12-6-4-5-7-14(12)18)19-9-15-21-20-10(2)22(15)17(13)23-11;3-1-2(4)5/h4-8H,3,9H2,1-2H3;1,3H2,(H,4,5). The number of carbonyl (C=O) groups is 1. The van der Waals surface area contributed by atoms with Crippen LogP contribution in [-0.2, 0) is 17.8 Å². The lowest BCUT2D eigenvalue weighted by Crippen LogP contribution is -2.10. The summed E-state index contributed by atoms with van der Waals surface area (Å²) in [4.78, 5) is 15.4. The molecule has 2 aromatic heterocycles. The number of rotatable bonds is 3. The van der Waals surface area contributed by atoms with Crippen LogP contribution in [0.3, 0.4) is 0 Å². The second-order valence-electron chi connectivity index (χ2n) is 6.03. The maximum absolute atomic E-state index is 9.24. The van der Waals surface area contributed by atoms with Crippen LogP contribution in [0.4, 0.5) is 0 Å². The Labute approximate surface area is 171 Å². The number of thiophene rings is 1. The lowest BCUT2D eigenvalue weighted by molar-refractivity contribution is -0.135. The summed E-state index contributed by atoms with van der Waals surface area (Å²) in [6, 6.07) is 10.1. The lowest BCUT2D eigenvalue weighted by Gasteiger charge is -2.08. The van der Waals surface area contributed by atoms with Crippen LogP contribution < -0.4 is 5.73 Å². The Balaban J connectivity index is 0.000000403. The van der Waals surface area contributed by atoms with Crippen LogP contribution in [0, 0.1) is 6.92 Å². The number of aliphatic imine (C=N–C) groups is 1. The van der Waals surface area contributed by atoms with E-state index in [0.717, 1.165) is 44.9 Å². The van der Waals surface area contributed by atoms with Gasteiger partial charge in [-0.3, -0.25) is 14.4 Å². The average molecular weight is 418 g/mol. The number of halogens is 1. The summed E-state index contributed by atoms with van der Waals surface area (Å²) in [6.45, 7) is 4.37. The van der Waals surface area contributed by atoms with Gasteiger partial charge in [0.05, 0.1) is 12.3 Å². The number of benzene rings is 1. The summed E-state index contributed by atoms with van der Waals surface area (Å²) in [5, 5.41) is 17.9. The van der Waals surface area contributed by atoms with Crippen LogP contribution in [0.15, 0.2) is 35.3 Å². The van der Waals surface area contributed by atoms with Crippen LogP contribution in [0.5, 0.6) is 0 Å². The Kier molecular flexibility index (Phi) is 6.23. The number of carboxylic acid groups (broad SMARTS) is 1. The van der Waals surface area contributed by atoms with Crippen molar-refractivity contribution in [3.05, 3.63) is 63.0 Å². The van der Waals surface area contributed by atoms with Crippen LogP contribution in [-0.4, -0.2) is 38.1 Å². The number of aryl methyl sites for hydroxylation is 2. The molecule has 146 valence electrons. The van der Waals surface area contributed by atoms with Gasteiger partial charge in [-0.2, -0.15) is 0 Å². The molecule has 1 aliphatic heterocycles. The first-order valence-corrected chi connectivity index (χ1v) is 9.91. The van der Waals surface area contributed by atoms with Gasteiger partial charge >= 0.3 is 5.97 Å². The molecular weight excluding hydrogens is 398 g/mol. The lowest BCUT2D eigenvalue weighted by atomic mass is 10.0. The molecule has 0 aliphatic carbocycles. The molecule has 0 fully saturated rings. The van der Waals surface area contributed by atoms with Gasteiger partial charge in [-0.15, -0.1) is 21.5 Å². The molecule has 3 heterocycles. The summed E-state index contributed by atoms with van der Waals surface area (Å²) in [6.07, 6.45) is 0.990. The van der Waals surface area contributed by atoms with Crippen molar-refractivity contribution in [2.45, 2.75) is 26.8 Å². The summed E-state index contributed by atoms with van der Waals surface area (Å²) in [5.41, 5.74) is 7.59. The third kappa shape index (κ3) is 3.99. The Bertz CT molecular complexity index is 1040. The zero-order valence-electron chi connectivity index (χ0n) is 15.5. The number of aliphatic carboxylic acids is 1. The zero-order valence-corrected chi connectivity index (χ0v) is 17.1. The number of hydrogen-bond donors (Lipinski definition) is 2. The highest BCUT2D eigenvalue weighted by Crippen LogP contribution is 2.34. The predicted molar refractivity (Wildman–Crippen MR) is 111 cm³/mol. The van der Waals surface area contributed by atoms with Crippen molar-refractivity contribution in [1.82, 2.24) is 14.8 Å². The first-order valence-electron chi connectivity index (χ1n) is 8.71. The van der Waals surface area contributed by atoms with E-state index in [2.05, 4.69) is 33.5 Å². The normalized spacial score (nSPS) is 12.2. The molecule has 9 heteroatoms. The topological polar surface area (TPSA) is 106 Å². The van der Waals surface area contributed by atoms with Crippen LogP contribution in [0.2, 0.25) is 5.02 Å². The van der Waals surface area contributed by atoms with E-state index in [0.29, 0.717) is 6.54 Å². The second kappa shape index (κ2) is 8.64. The third-order valence-corrected chi connectivity index (χ3v) is 5.74. The van der Waals surface area contributed by atoms with Crippen molar-refractivity contribution >= 4 is 34.6 Å². The third-order valence-electron chi connectivity index (χ3n) is 4.14. The Morgan fingerprint density at radius 3 is 2.68 bits per heavy atom. The summed E-state index contributed by atoms with van der Waals surface area (Å²) in [5.74, 6) is 0.793. The molecule has 3 N–H and O–H groups in total. The molecule has 1 aromatic carbocycles. The quantitative estimate of drug-likeness (QED) is 0.680. The fraction of sp³-hybridized carbons (Fsp3) is 0.263. The van der Waals surface area contributed by atoms with Gasteiger partial charge in [-0.1, -0.05) is 36.7 Å². The average Bonchev–Trinajstić information content (AvgIpc) is 3.23. The first kappa shape index (κ1) is 20.2. The maximum Gasteiger partial charge on any atom is 0.317 e. The van der Waals surface area contributed by atoms with Gasteiger partial charge < -0.3 is 10.8 Å². The van der Waals surface area contributed by atoms with Gasteiger partial charge in [0, 0.05) is 21.0 Å². The molecule has 0 radical (unpaired) electrons. The van der Waals surface area contributed by atoms with Crippen LogP contribution >= 0.6 is 22.9 Å². The van der Waals surface area contributed by atoms with Gasteiger partial charge in [-0.05, 0) is 25.5 Å². The highest BCUT2D eigenvalue weighted by Gasteiger charge is 2.24. The molecule has 0 spiro atoms. The predicted octanol–water partition coefficient (Wildman–Crippen LogP) is 3.23. The molecule has 0 unspecified atom stereocenters. The number of nitrogens with zero attached hydrogens (tertiary/aromatic N) is 4. The van der Waals surface area contributed by atoms with Crippen molar-refractivity contribution in [1.29, 1.82) is 0 Å². The largest absolute Gasteiger partial charge is 0.480 e. The van der Waals surface area contributed by atoms with Gasteiger partial charge in [0.15, 0.2) is 5.82 Å². The van der Waals surface area contributed by atoms with Gasteiger partial charge in [0.1, 0.15) is 17.4 Å². The van der Waals surface area contributed by atoms with Crippen molar-refractivity contribution < 1.29 is 9.90 Å². The zero-order chi connectivity index (χ0) is 20.3. The SMILES string of the molecule is CCc1cc2c(s1)-n1c(C)nnc1CN=C2c1ccccc1Cl.NCC(=O)O. The molecule has 0 saturated heterocycles. The minimum Gasteiger partial charge on any atom is -0.480 e. The smallest absolute Gasteiger partial charge is 0.317 e. The molecule has 0 saturated carbocycles. The number of hydrogen-bond acceptors (Lipinski definition) is 6. The van der Waals surface area contributed by atoms with E-state index < -0.39 is 5.97 Å². The van der Waals surface area contributed by atoms with Crippen molar-refractivity contribution in [3.63, 3.8) is 0 Å². The fourth-order valence-corrected chi connectivity index (χ4v) is 4.22. The molecule has 1 aliphatic rings. The molecule has 28 heavy (non-hydrogen) atoms. The highest BCUT2D eigenvalue weighted by atomic mass is 35.5. The van der Waals surface area contributed by atoms with E-state index in [4.69, 9.17) is 21.7 Å². The monoisotopic (exact) mass is 417 g/mol. The summed E-state index contributed by atoms with van der Waals surface area (Å²) in [7, 11) is 0. The molecule has 0 bridgehead atoms. The van der Waals surface area contributed by atoms with Crippen molar-refractivity contribution in [2.24, 2.45) is 10.7 Å². The van der Waals surface area contributed by atoms with Gasteiger partial charge in [-0.25, -0.2) is 0 Å². The molecule has 4 rings (SSSR count). The minimum atomic E-state index is -0.968. The van der Waals surface area contributed by atoms with E-state index in [-0.39, 0.29) is 6.54 Å². The summed E-state index contributed by atoms with van der Waals surface area (Å²) >= 11 is 8.20. The van der Waals surface area contributed by atoms with Gasteiger partial charge in [0.2, 0.25) is 0 Å². The molecule has 0 atom stereocenters. The minimum absolute atomic E-state index is 0.278. The van der Waals surface area contributed by atoms with E-state index >= 15 is 0 Å². The number of aromatic nitrogens is 3. The van der Waals surface area contributed by atoms with E-state index in [1.807, 2.05) is 31.2 Å². The Morgan fingerprint density at radius 2 is 2.04 bits per heavy atom. The summed E-state index contributed by atoms with van der Waals surface area (Å²) < 4.78 is 2.12. The Hall–Kier alpha value is -2.55. The van der Waals surface area contributed by atoms with Crippen LogP contribution in [0.1, 0.15) is 34.6 Å². The van der Waals surface area contributed by atoms with Crippen LogP contribution in [0.25, 0.3) is 5.00 Å². The van der Waals surface area contributed by atoms with E-state index in [1.54, 1.807) is 11.3 Å². The molecule has 0 amide bonds. The maximum atomic E-state index is 9.24. The number of fused-ring (bicyclic) bond motifs is 3. The Morgan fingerprint density at radius 1 is 1.32 bits per heavy atom. The molecule has 7 nitrogen and oxygen atoms in total. The first-order chi connectivity index (χ1) is 13.5.